The molecule has 22 heavy (non-hydrogen) atoms. The van der Waals surface area contributed by atoms with Crippen LogP contribution in [0.15, 0.2) is 48.8 Å². The van der Waals surface area contributed by atoms with E-state index < -0.39 is 0 Å². The van der Waals surface area contributed by atoms with Crippen LogP contribution >= 0.6 is 0 Å². The first-order valence-corrected chi connectivity index (χ1v) is 7.65. The molecule has 0 spiro atoms. The molecule has 116 valence electrons. The van der Waals surface area contributed by atoms with Crippen LogP contribution in [0.5, 0.6) is 0 Å². The van der Waals surface area contributed by atoms with Crippen LogP contribution in [0, 0.1) is 0 Å². The average Bonchev–Trinajstić information content (AvgIpc) is 2.53. The second kappa shape index (κ2) is 7.59. The van der Waals surface area contributed by atoms with Crippen LogP contribution in [0.3, 0.4) is 0 Å². The van der Waals surface area contributed by atoms with E-state index in [4.69, 9.17) is 0 Å². The van der Waals surface area contributed by atoms with Crippen molar-refractivity contribution in [3.8, 4) is 0 Å². The van der Waals surface area contributed by atoms with Gasteiger partial charge in [-0.1, -0.05) is 30.3 Å². The molecule has 0 bridgehead atoms. The van der Waals surface area contributed by atoms with Crippen molar-refractivity contribution in [2.24, 2.45) is 0 Å². The number of carbonyl (C=O) groups excluding carboxylic acids is 1. The highest BCUT2D eigenvalue weighted by molar-refractivity contribution is 5.94. The van der Waals surface area contributed by atoms with E-state index in [1.165, 1.54) is 5.56 Å². The predicted molar refractivity (Wildman–Crippen MR) is 90.0 cm³/mol. The molecule has 0 aliphatic heterocycles. The monoisotopic (exact) mass is 297 g/mol. The third kappa shape index (κ3) is 4.32. The first kappa shape index (κ1) is 16.0. The summed E-state index contributed by atoms with van der Waals surface area (Å²) in [5, 5.41) is 2.90. The van der Waals surface area contributed by atoms with Crippen LogP contribution in [0.4, 0.5) is 5.69 Å². The normalized spacial score (nSPS) is 10.5. The Labute approximate surface area is 132 Å². The molecular weight excluding hydrogens is 274 g/mol. The van der Waals surface area contributed by atoms with Gasteiger partial charge in [-0.15, -0.1) is 0 Å². The van der Waals surface area contributed by atoms with Crippen molar-refractivity contribution < 1.29 is 4.79 Å². The first-order valence-electron chi connectivity index (χ1n) is 7.65. The third-order valence-electron chi connectivity index (χ3n) is 3.37. The lowest BCUT2D eigenvalue weighted by atomic mass is 10.2. The summed E-state index contributed by atoms with van der Waals surface area (Å²) in [6.45, 7) is 7.65. The number of hydrogen-bond acceptors (Lipinski definition) is 3. The highest BCUT2D eigenvalue weighted by Gasteiger charge is 2.11. The van der Waals surface area contributed by atoms with Gasteiger partial charge in [-0.05, 0) is 32.4 Å². The summed E-state index contributed by atoms with van der Waals surface area (Å²) in [6.07, 6.45) is 3.41. The number of carbonyl (C=O) groups is 1. The van der Waals surface area contributed by atoms with Gasteiger partial charge >= 0.3 is 0 Å². The number of benzene rings is 1. The maximum absolute atomic E-state index is 12.1. The van der Waals surface area contributed by atoms with Crippen molar-refractivity contribution in [2.45, 2.75) is 33.4 Å². The quantitative estimate of drug-likeness (QED) is 0.890. The van der Waals surface area contributed by atoms with E-state index >= 15 is 0 Å². The molecule has 4 heteroatoms. The molecule has 0 aliphatic carbocycles. The first-order chi connectivity index (χ1) is 10.6. The topological polar surface area (TPSA) is 45.2 Å². The zero-order valence-electron chi connectivity index (χ0n) is 13.4. The summed E-state index contributed by atoms with van der Waals surface area (Å²) in [5.74, 6) is -0.0832. The summed E-state index contributed by atoms with van der Waals surface area (Å²) in [7, 11) is 0. The molecule has 1 aromatic heterocycles. The number of amides is 1. The summed E-state index contributed by atoms with van der Waals surface area (Å²) in [5.41, 5.74) is 2.79. The zero-order chi connectivity index (χ0) is 15.9. The lowest BCUT2D eigenvalue weighted by Crippen LogP contribution is -2.30. The van der Waals surface area contributed by atoms with Crippen LogP contribution in [-0.2, 0) is 6.54 Å². The van der Waals surface area contributed by atoms with Crippen molar-refractivity contribution in [3.05, 3.63) is 59.9 Å². The molecular formula is C18H23N3O. The number of rotatable bonds is 6. The number of hydrogen-bond donors (Lipinski definition) is 1. The summed E-state index contributed by atoms with van der Waals surface area (Å²) >= 11 is 0. The number of anilines is 1. The van der Waals surface area contributed by atoms with Crippen LogP contribution < -0.4 is 10.2 Å². The van der Waals surface area contributed by atoms with Gasteiger partial charge in [-0.25, -0.2) is 0 Å². The van der Waals surface area contributed by atoms with E-state index in [1.54, 1.807) is 12.4 Å². The van der Waals surface area contributed by atoms with Crippen molar-refractivity contribution in [1.82, 2.24) is 10.3 Å². The van der Waals surface area contributed by atoms with E-state index in [0.29, 0.717) is 5.56 Å². The molecule has 2 rings (SSSR count). The largest absolute Gasteiger partial charge is 0.366 e. The molecule has 0 unspecified atom stereocenters. The van der Waals surface area contributed by atoms with Gasteiger partial charge in [0.2, 0.25) is 0 Å². The van der Waals surface area contributed by atoms with Crippen molar-refractivity contribution in [3.63, 3.8) is 0 Å². The van der Waals surface area contributed by atoms with Crippen molar-refractivity contribution >= 4 is 11.6 Å². The molecule has 1 heterocycles. The Morgan fingerprint density at radius 3 is 2.59 bits per heavy atom. The minimum Gasteiger partial charge on any atom is -0.366 e. The Balaban J connectivity index is 2.17. The lowest BCUT2D eigenvalue weighted by Gasteiger charge is -2.23. The van der Waals surface area contributed by atoms with Gasteiger partial charge in [0.25, 0.3) is 5.91 Å². The second-order valence-electron chi connectivity index (χ2n) is 5.56. The Kier molecular flexibility index (Phi) is 5.53. The van der Waals surface area contributed by atoms with Crippen LogP contribution in [0.25, 0.3) is 0 Å². The molecule has 0 saturated heterocycles. The van der Waals surface area contributed by atoms with Crippen molar-refractivity contribution in [1.29, 1.82) is 0 Å². The molecule has 0 saturated carbocycles. The number of pyridine rings is 1. The summed E-state index contributed by atoms with van der Waals surface area (Å²) in [4.78, 5) is 18.5. The minimum atomic E-state index is -0.0832. The highest BCUT2D eigenvalue weighted by atomic mass is 16.1. The number of nitrogens with zero attached hydrogens (tertiary/aromatic N) is 2. The number of nitrogens with one attached hydrogen (secondary N) is 1. The van der Waals surface area contributed by atoms with Gasteiger partial charge in [0.05, 0.1) is 17.4 Å². The van der Waals surface area contributed by atoms with E-state index in [0.717, 1.165) is 18.8 Å². The predicted octanol–water partition coefficient (Wildman–Crippen LogP) is 3.25. The fourth-order valence-electron chi connectivity index (χ4n) is 2.26. The molecule has 2 aromatic rings. The SMILES string of the molecule is CCN(Cc1ccccc1)c1cncc(C(=O)NC(C)C)c1. The van der Waals surface area contributed by atoms with Crippen LogP contribution in [-0.4, -0.2) is 23.5 Å². The molecule has 4 nitrogen and oxygen atoms in total. The van der Waals surface area contributed by atoms with Gasteiger partial charge in [-0.2, -0.15) is 0 Å². The van der Waals surface area contributed by atoms with Crippen LogP contribution in [0.1, 0.15) is 36.7 Å². The third-order valence-corrected chi connectivity index (χ3v) is 3.37. The zero-order valence-corrected chi connectivity index (χ0v) is 13.4. The smallest absolute Gasteiger partial charge is 0.253 e. The number of aromatic nitrogens is 1. The molecule has 1 aromatic carbocycles. The Morgan fingerprint density at radius 1 is 1.23 bits per heavy atom. The maximum Gasteiger partial charge on any atom is 0.253 e. The molecule has 0 radical (unpaired) electrons. The molecule has 1 N–H and O–H groups in total. The van der Waals surface area contributed by atoms with E-state index in [-0.39, 0.29) is 11.9 Å². The van der Waals surface area contributed by atoms with Gasteiger partial charge in [0.15, 0.2) is 0 Å². The lowest BCUT2D eigenvalue weighted by molar-refractivity contribution is 0.0943. The Hall–Kier alpha value is -2.36. The summed E-state index contributed by atoms with van der Waals surface area (Å²) in [6, 6.07) is 12.3. The van der Waals surface area contributed by atoms with E-state index in [9.17, 15) is 4.79 Å². The maximum atomic E-state index is 12.1. The Morgan fingerprint density at radius 2 is 1.95 bits per heavy atom. The second-order valence-corrected chi connectivity index (χ2v) is 5.56. The fourth-order valence-corrected chi connectivity index (χ4v) is 2.26. The van der Waals surface area contributed by atoms with E-state index in [2.05, 4.69) is 34.3 Å². The Bertz CT molecular complexity index is 611. The summed E-state index contributed by atoms with van der Waals surface area (Å²) < 4.78 is 0. The molecule has 0 aliphatic rings. The van der Waals surface area contributed by atoms with Gasteiger partial charge in [0, 0.05) is 25.3 Å². The average molecular weight is 297 g/mol. The fraction of sp³-hybridized carbons (Fsp3) is 0.333. The minimum absolute atomic E-state index is 0.0832. The molecule has 0 fully saturated rings. The van der Waals surface area contributed by atoms with Gasteiger partial charge in [0.1, 0.15) is 0 Å². The van der Waals surface area contributed by atoms with E-state index in [1.807, 2.05) is 38.1 Å². The standard InChI is InChI=1S/C18H23N3O/c1-4-21(13-15-8-6-5-7-9-15)17-10-16(11-19-12-17)18(22)20-14(2)3/h5-12,14H,4,13H2,1-3H3,(H,20,22). The molecule has 1 amide bonds. The van der Waals surface area contributed by atoms with Crippen molar-refractivity contribution in [2.75, 3.05) is 11.4 Å². The van der Waals surface area contributed by atoms with Crippen LogP contribution in [0.2, 0.25) is 0 Å². The highest BCUT2D eigenvalue weighted by Crippen LogP contribution is 2.17. The molecule has 0 atom stereocenters. The van der Waals surface area contributed by atoms with Gasteiger partial charge in [-0.3, -0.25) is 9.78 Å². The van der Waals surface area contributed by atoms with Gasteiger partial charge < -0.3 is 10.2 Å².